The van der Waals surface area contributed by atoms with Crippen LogP contribution in [0.4, 0.5) is 0 Å². The Labute approximate surface area is 265 Å². The Kier molecular flexibility index (Phi) is 10.6. The molecule has 3 rings (SSSR count). The number of H-pyrrole nitrogens is 1. The van der Waals surface area contributed by atoms with Crippen molar-refractivity contribution in [2.75, 3.05) is 20.7 Å². The van der Waals surface area contributed by atoms with Crippen molar-refractivity contribution >= 4 is 27.9 Å². The molecule has 1 spiro atoms. The topological polar surface area (TPSA) is 171 Å². The van der Waals surface area contributed by atoms with Gasteiger partial charge in [0.2, 0.25) is 13.6 Å². The standard InChI is InChI=1S/C29H49N2O12PSi/c1-26(2,3)23(33)38-16-40-44(36,41-17-39-24(34)27(4,5)6)18-15-29(18)21(43-45(11,12)28(7,8)9)20(37-10)22(42-29)31-14-13-19(32)30-25(31)35/h13-14,18,20-22H,15-17H2,1-12H3,(H,30,32,35)/t18?,20-,21?,22-,29-/m1/s1. The highest BCUT2D eigenvalue weighted by Crippen LogP contribution is 2.72. The van der Waals surface area contributed by atoms with Crippen molar-refractivity contribution in [2.24, 2.45) is 10.8 Å². The Morgan fingerprint density at radius 3 is 1.93 bits per heavy atom. The Balaban J connectivity index is 2.03. The molecule has 14 nitrogen and oxygen atoms in total. The largest absolute Gasteiger partial charge is 0.438 e. The van der Waals surface area contributed by atoms with E-state index in [0.29, 0.717) is 0 Å². The van der Waals surface area contributed by atoms with Gasteiger partial charge in [0, 0.05) is 19.4 Å². The summed E-state index contributed by atoms with van der Waals surface area (Å²) in [5.41, 5.74) is -5.34. The molecule has 2 heterocycles. The Bertz CT molecular complexity index is 1380. The first-order valence-electron chi connectivity index (χ1n) is 14.8. The van der Waals surface area contributed by atoms with E-state index in [1.54, 1.807) is 41.5 Å². The smallest absolute Gasteiger partial charge is 0.342 e. The second-order valence-electron chi connectivity index (χ2n) is 15.1. The minimum atomic E-state index is -4.27. The summed E-state index contributed by atoms with van der Waals surface area (Å²) >= 11 is 0. The second kappa shape index (κ2) is 12.8. The van der Waals surface area contributed by atoms with E-state index < -0.39 is 93.2 Å². The van der Waals surface area contributed by atoms with Crippen LogP contribution in [-0.4, -0.2) is 74.0 Å². The van der Waals surface area contributed by atoms with Gasteiger partial charge < -0.3 is 23.4 Å². The lowest BCUT2D eigenvalue weighted by Crippen LogP contribution is -2.51. The molecule has 2 aliphatic rings. The first-order valence-corrected chi connectivity index (χ1v) is 19.3. The van der Waals surface area contributed by atoms with Crippen LogP contribution in [0.3, 0.4) is 0 Å². The molecule has 0 amide bonds. The number of nitrogens with zero attached hydrogens (tertiary/aromatic N) is 1. The van der Waals surface area contributed by atoms with Crippen molar-refractivity contribution in [3.8, 4) is 0 Å². The van der Waals surface area contributed by atoms with Crippen molar-refractivity contribution in [1.29, 1.82) is 0 Å². The van der Waals surface area contributed by atoms with Gasteiger partial charge in [0.05, 0.1) is 16.5 Å². The highest BCUT2D eigenvalue weighted by molar-refractivity contribution is 7.55. The molecule has 16 heteroatoms. The maximum atomic E-state index is 14.5. The zero-order valence-corrected chi connectivity index (χ0v) is 30.3. The summed E-state index contributed by atoms with van der Waals surface area (Å²) in [4.78, 5) is 51.7. The zero-order chi connectivity index (χ0) is 34.4. The lowest BCUT2D eigenvalue weighted by atomic mass is 9.98. The minimum absolute atomic E-state index is 0.0957. The van der Waals surface area contributed by atoms with Crippen LogP contribution in [0.5, 0.6) is 0 Å². The first kappa shape index (κ1) is 37.3. The molecule has 1 saturated heterocycles. The summed E-state index contributed by atoms with van der Waals surface area (Å²) in [5, 5.41) is -0.247. The van der Waals surface area contributed by atoms with E-state index in [-0.39, 0.29) is 11.5 Å². The summed E-state index contributed by atoms with van der Waals surface area (Å²) in [6.07, 6.45) is -1.42. The van der Waals surface area contributed by atoms with E-state index >= 15 is 0 Å². The Morgan fingerprint density at radius 2 is 1.51 bits per heavy atom. The normalized spacial score (nSPS) is 25.8. The highest BCUT2D eigenvalue weighted by atomic mass is 31.2. The van der Waals surface area contributed by atoms with Crippen LogP contribution >= 0.6 is 7.60 Å². The van der Waals surface area contributed by atoms with Crippen molar-refractivity contribution < 1.29 is 46.6 Å². The van der Waals surface area contributed by atoms with Crippen molar-refractivity contribution in [3.05, 3.63) is 33.1 Å². The van der Waals surface area contributed by atoms with Crippen molar-refractivity contribution in [3.63, 3.8) is 0 Å². The molecule has 1 aliphatic carbocycles. The van der Waals surface area contributed by atoms with Crippen LogP contribution in [0.15, 0.2) is 21.9 Å². The molecule has 0 bridgehead atoms. The third kappa shape index (κ3) is 8.06. The van der Waals surface area contributed by atoms with E-state index in [1.165, 1.54) is 23.9 Å². The number of carbonyl (C=O) groups is 2. The number of aromatic nitrogens is 2. The minimum Gasteiger partial charge on any atom is -0.438 e. The summed E-state index contributed by atoms with van der Waals surface area (Å²) in [7, 11) is -5.39. The van der Waals surface area contributed by atoms with Gasteiger partial charge in [0.25, 0.3) is 5.56 Å². The van der Waals surface area contributed by atoms with Gasteiger partial charge in [-0.15, -0.1) is 0 Å². The molecule has 2 fully saturated rings. The Hall–Kier alpha value is -2.13. The SMILES string of the molecule is CO[C@@H]1C(O[Si](C)(C)C(C)(C)C)[C@]2(CC2P(=O)(OCOC(=O)C(C)(C)C)OCOC(=O)C(C)(C)C)O[C@H]1n1ccc(=O)[nH]c1=O. The second-order valence-corrected chi connectivity index (χ2v) is 22.1. The van der Waals surface area contributed by atoms with Gasteiger partial charge in [-0.3, -0.25) is 37.5 Å². The molecule has 2 unspecified atom stereocenters. The fourth-order valence-corrected chi connectivity index (χ4v) is 7.95. The van der Waals surface area contributed by atoms with Gasteiger partial charge in [-0.25, -0.2) is 4.79 Å². The van der Waals surface area contributed by atoms with Crippen molar-refractivity contribution in [1.82, 2.24) is 9.55 Å². The average Bonchev–Trinajstić information content (AvgIpc) is 3.54. The third-order valence-electron chi connectivity index (χ3n) is 8.39. The number of hydrogen-bond donors (Lipinski definition) is 1. The molecule has 45 heavy (non-hydrogen) atoms. The van der Waals surface area contributed by atoms with Gasteiger partial charge in [-0.05, 0) is 66.1 Å². The van der Waals surface area contributed by atoms with Gasteiger partial charge in [-0.1, -0.05) is 20.8 Å². The summed E-state index contributed by atoms with van der Waals surface area (Å²) in [6, 6.07) is 1.18. The predicted octanol–water partition coefficient (Wildman–Crippen LogP) is 4.30. The van der Waals surface area contributed by atoms with Gasteiger partial charge in [-0.2, -0.15) is 0 Å². The number of ether oxygens (including phenoxy) is 4. The summed E-state index contributed by atoms with van der Waals surface area (Å²) in [6.45, 7) is 18.8. The van der Waals surface area contributed by atoms with E-state index in [9.17, 15) is 23.7 Å². The summed E-state index contributed by atoms with van der Waals surface area (Å²) in [5.74, 6) is -1.18. The lowest BCUT2D eigenvalue weighted by molar-refractivity contribution is -0.162. The maximum absolute atomic E-state index is 14.5. The molecule has 1 N–H and O–H groups in total. The lowest BCUT2D eigenvalue weighted by Gasteiger charge is -2.41. The number of hydrogen-bond acceptors (Lipinski definition) is 12. The van der Waals surface area contributed by atoms with Crippen LogP contribution < -0.4 is 11.2 Å². The number of aromatic amines is 1. The molecule has 1 aromatic rings. The molecule has 1 aliphatic heterocycles. The number of rotatable bonds is 11. The third-order valence-corrected chi connectivity index (χ3v) is 15.2. The van der Waals surface area contributed by atoms with Crippen molar-refractivity contribution in [2.45, 2.75) is 117 Å². The zero-order valence-electron chi connectivity index (χ0n) is 28.4. The fraction of sp³-hybridized carbons (Fsp3) is 0.793. The van der Waals surface area contributed by atoms with E-state index in [4.69, 9.17) is 32.4 Å². The van der Waals surface area contributed by atoms with E-state index in [1.807, 2.05) is 13.1 Å². The van der Waals surface area contributed by atoms with Gasteiger partial charge in [0.15, 0.2) is 14.5 Å². The van der Waals surface area contributed by atoms with E-state index in [0.717, 1.165) is 0 Å². The van der Waals surface area contributed by atoms with Crippen LogP contribution in [-0.2, 0) is 46.6 Å². The Morgan fingerprint density at radius 1 is 1.00 bits per heavy atom. The van der Waals surface area contributed by atoms with E-state index in [2.05, 4.69) is 25.8 Å². The number of carbonyl (C=O) groups excluding carboxylic acids is 2. The quantitative estimate of drug-likeness (QED) is 0.153. The molecule has 256 valence electrons. The molecular formula is C29H49N2O12PSi. The van der Waals surface area contributed by atoms with Crippen LogP contribution in [0, 0.1) is 10.8 Å². The molecule has 1 saturated carbocycles. The highest BCUT2D eigenvalue weighted by Gasteiger charge is 2.77. The number of methoxy groups -OCH3 is 1. The number of nitrogens with one attached hydrogen (secondary N) is 1. The molecular weight excluding hydrogens is 627 g/mol. The summed E-state index contributed by atoms with van der Waals surface area (Å²) < 4.78 is 56.8. The molecule has 1 aromatic heterocycles. The average molecular weight is 677 g/mol. The molecule has 0 radical (unpaired) electrons. The van der Waals surface area contributed by atoms with Crippen LogP contribution in [0.2, 0.25) is 18.1 Å². The fourth-order valence-electron chi connectivity index (χ4n) is 4.54. The predicted molar refractivity (Wildman–Crippen MR) is 166 cm³/mol. The first-order chi connectivity index (χ1) is 20.4. The maximum Gasteiger partial charge on any atom is 0.342 e. The molecule has 5 atom stereocenters. The number of esters is 2. The van der Waals surface area contributed by atoms with Gasteiger partial charge in [0.1, 0.15) is 17.8 Å². The molecule has 0 aromatic carbocycles. The van der Waals surface area contributed by atoms with Gasteiger partial charge >= 0.3 is 25.2 Å². The van der Waals surface area contributed by atoms with Crippen LogP contribution in [0.25, 0.3) is 0 Å². The van der Waals surface area contributed by atoms with Crippen LogP contribution in [0.1, 0.15) is 75.0 Å². The monoisotopic (exact) mass is 676 g/mol.